The smallest absolute Gasteiger partial charge is 0.257 e. The number of hydrogen-bond acceptors (Lipinski definition) is 3. The number of aromatic nitrogens is 1. The van der Waals surface area contributed by atoms with Gasteiger partial charge in [-0.25, -0.2) is 4.39 Å². The number of benzene rings is 2. The van der Waals surface area contributed by atoms with Crippen LogP contribution in [0, 0.1) is 19.7 Å². The Morgan fingerprint density at radius 2 is 1.68 bits per heavy atom. The van der Waals surface area contributed by atoms with Crippen LogP contribution < -0.4 is 10.6 Å². The lowest BCUT2D eigenvalue weighted by atomic mass is 10.1. The van der Waals surface area contributed by atoms with E-state index in [0.717, 1.165) is 16.8 Å². The van der Waals surface area contributed by atoms with Crippen LogP contribution in [-0.4, -0.2) is 10.9 Å². The minimum Gasteiger partial charge on any atom is -0.354 e. The van der Waals surface area contributed by atoms with Crippen molar-refractivity contribution in [3.63, 3.8) is 0 Å². The number of nitrogens with zero attached hydrogens (tertiary/aromatic N) is 1. The van der Waals surface area contributed by atoms with Gasteiger partial charge in [0.25, 0.3) is 5.91 Å². The second-order valence-electron chi connectivity index (χ2n) is 5.93. The van der Waals surface area contributed by atoms with E-state index in [4.69, 9.17) is 0 Å². The van der Waals surface area contributed by atoms with E-state index in [0.29, 0.717) is 16.9 Å². The summed E-state index contributed by atoms with van der Waals surface area (Å²) in [5.41, 5.74) is 4.72. The maximum Gasteiger partial charge on any atom is 0.257 e. The molecule has 0 saturated carbocycles. The first-order chi connectivity index (χ1) is 12.0. The number of hydrogen-bond donors (Lipinski definition) is 2. The normalized spacial score (nSPS) is 10.4. The molecule has 3 aromatic rings. The number of nitrogens with one attached hydrogen (secondary N) is 2. The van der Waals surface area contributed by atoms with E-state index in [-0.39, 0.29) is 5.91 Å². The second kappa shape index (κ2) is 7.13. The van der Waals surface area contributed by atoms with Crippen molar-refractivity contribution in [3.8, 4) is 0 Å². The highest BCUT2D eigenvalue weighted by atomic mass is 19.1. The van der Waals surface area contributed by atoms with Gasteiger partial charge < -0.3 is 10.6 Å². The highest BCUT2D eigenvalue weighted by molar-refractivity contribution is 6.04. The molecule has 0 unspecified atom stereocenters. The molecular weight excluding hydrogens is 317 g/mol. The summed E-state index contributed by atoms with van der Waals surface area (Å²) in [7, 11) is 0. The molecule has 126 valence electrons. The third-order valence-corrected chi connectivity index (χ3v) is 3.59. The topological polar surface area (TPSA) is 54.0 Å². The lowest BCUT2D eigenvalue weighted by Gasteiger charge is -2.10. The van der Waals surface area contributed by atoms with Crippen LogP contribution in [0.25, 0.3) is 0 Å². The van der Waals surface area contributed by atoms with Gasteiger partial charge in [-0.05, 0) is 61.4 Å². The molecule has 0 aliphatic rings. The van der Waals surface area contributed by atoms with E-state index in [2.05, 4.69) is 21.7 Å². The van der Waals surface area contributed by atoms with Gasteiger partial charge in [0.05, 0.1) is 17.4 Å². The predicted octanol–water partition coefficient (Wildman–Crippen LogP) is 4.83. The van der Waals surface area contributed by atoms with Crippen molar-refractivity contribution in [2.24, 2.45) is 0 Å². The molecule has 0 bridgehead atoms. The number of carbonyl (C=O) groups is 1. The average Bonchev–Trinajstić information content (AvgIpc) is 2.54. The molecule has 2 N–H and O–H groups in total. The van der Waals surface area contributed by atoms with Crippen LogP contribution in [0.1, 0.15) is 21.5 Å². The van der Waals surface area contributed by atoms with Crippen LogP contribution in [-0.2, 0) is 0 Å². The lowest BCUT2D eigenvalue weighted by Crippen LogP contribution is -2.12. The van der Waals surface area contributed by atoms with Crippen LogP contribution in [0.4, 0.5) is 21.5 Å². The highest BCUT2D eigenvalue weighted by Crippen LogP contribution is 2.20. The number of amides is 1. The summed E-state index contributed by atoms with van der Waals surface area (Å²) in [6, 6.07) is 13.6. The Bertz CT molecular complexity index is 904. The van der Waals surface area contributed by atoms with E-state index in [9.17, 15) is 9.18 Å². The van der Waals surface area contributed by atoms with Gasteiger partial charge in [0, 0.05) is 17.6 Å². The van der Waals surface area contributed by atoms with Gasteiger partial charge in [-0.1, -0.05) is 12.1 Å². The summed E-state index contributed by atoms with van der Waals surface area (Å²) < 4.78 is 13.2. The third-order valence-electron chi connectivity index (χ3n) is 3.59. The van der Waals surface area contributed by atoms with Crippen LogP contribution in [0.15, 0.2) is 60.9 Å². The monoisotopic (exact) mass is 335 g/mol. The van der Waals surface area contributed by atoms with Gasteiger partial charge in [0.2, 0.25) is 0 Å². The number of halogens is 1. The van der Waals surface area contributed by atoms with Crippen molar-refractivity contribution in [1.29, 1.82) is 0 Å². The molecule has 0 aliphatic heterocycles. The molecule has 1 aromatic heterocycles. The summed E-state index contributed by atoms with van der Waals surface area (Å²) in [6.45, 7) is 4.05. The Morgan fingerprint density at radius 3 is 2.40 bits per heavy atom. The van der Waals surface area contributed by atoms with E-state index < -0.39 is 5.82 Å². The molecule has 0 fully saturated rings. The zero-order chi connectivity index (χ0) is 17.8. The first-order valence-corrected chi connectivity index (χ1v) is 7.87. The molecule has 2 aromatic carbocycles. The number of pyridine rings is 1. The Labute approximate surface area is 145 Å². The Kier molecular flexibility index (Phi) is 4.75. The van der Waals surface area contributed by atoms with Gasteiger partial charge in [0.1, 0.15) is 5.82 Å². The molecule has 1 heterocycles. The lowest BCUT2D eigenvalue weighted by molar-refractivity contribution is 0.102. The first kappa shape index (κ1) is 16.6. The summed E-state index contributed by atoms with van der Waals surface area (Å²) in [5, 5.41) is 5.91. The second-order valence-corrected chi connectivity index (χ2v) is 5.93. The fourth-order valence-corrected chi connectivity index (χ4v) is 2.62. The number of aryl methyl sites for hydroxylation is 2. The summed E-state index contributed by atoms with van der Waals surface area (Å²) in [4.78, 5) is 16.4. The van der Waals surface area contributed by atoms with E-state index >= 15 is 0 Å². The van der Waals surface area contributed by atoms with Gasteiger partial charge in [0.15, 0.2) is 0 Å². The Morgan fingerprint density at radius 1 is 0.920 bits per heavy atom. The maximum atomic E-state index is 13.2. The largest absolute Gasteiger partial charge is 0.354 e. The molecule has 25 heavy (non-hydrogen) atoms. The molecule has 5 heteroatoms. The van der Waals surface area contributed by atoms with Crippen molar-refractivity contribution >= 4 is 23.0 Å². The number of carbonyl (C=O) groups excluding carboxylic acids is 1. The quantitative estimate of drug-likeness (QED) is 0.718. The van der Waals surface area contributed by atoms with Crippen molar-refractivity contribution in [3.05, 3.63) is 83.4 Å². The summed E-state index contributed by atoms with van der Waals surface area (Å²) in [5.74, 6) is -0.747. The van der Waals surface area contributed by atoms with Crippen LogP contribution in [0.2, 0.25) is 0 Å². The van der Waals surface area contributed by atoms with Gasteiger partial charge in [-0.2, -0.15) is 0 Å². The van der Waals surface area contributed by atoms with Crippen molar-refractivity contribution < 1.29 is 9.18 Å². The SMILES string of the molecule is Cc1cc(C)cc(Nc2cncc(C(=O)Nc3cccc(F)c3)c2)c1. The van der Waals surface area contributed by atoms with Crippen LogP contribution in [0.5, 0.6) is 0 Å². The summed E-state index contributed by atoms with van der Waals surface area (Å²) >= 11 is 0. The van der Waals surface area contributed by atoms with Crippen molar-refractivity contribution in [2.45, 2.75) is 13.8 Å². The maximum absolute atomic E-state index is 13.2. The van der Waals surface area contributed by atoms with Crippen LogP contribution in [0.3, 0.4) is 0 Å². The fourth-order valence-electron chi connectivity index (χ4n) is 2.62. The molecule has 0 spiro atoms. The minimum atomic E-state index is -0.402. The molecular formula is C20H18FN3O. The number of rotatable bonds is 4. The molecule has 0 atom stereocenters. The molecule has 0 aliphatic carbocycles. The van der Waals surface area contributed by atoms with Gasteiger partial charge in [-0.15, -0.1) is 0 Å². The Hall–Kier alpha value is -3.21. The molecule has 1 amide bonds. The molecule has 3 rings (SSSR count). The van der Waals surface area contributed by atoms with Gasteiger partial charge >= 0.3 is 0 Å². The third kappa shape index (κ3) is 4.41. The molecule has 4 nitrogen and oxygen atoms in total. The fraction of sp³-hybridized carbons (Fsp3) is 0.100. The van der Waals surface area contributed by atoms with Crippen molar-refractivity contribution in [1.82, 2.24) is 4.98 Å². The first-order valence-electron chi connectivity index (χ1n) is 7.87. The number of anilines is 3. The zero-order valence-electron chi connectivity index (χ0n) is 14.0. The average molecular weight is 335 g/mol. The molecule has 0 radical (unpaired) electrons. The minimum absolute atomic E-state index is 0.345. The van der Waals surface area contributed by atoms with Crippen molar-refractivity contribution in [2.75, 3.05) is 10.6 Å². The Balaban J connectivity index is 1.77. The molecule has 0 saturated heterocycles. The zero-order valence-corrected chi connectivity index (χ0v) is 14.0. The van der Waals surface area contributed by atoms with Gasteiger partial charge in [-0.3, -0.25) is 9.78 Å². The van der Waals surface area contributed by atoms with E-state index in [1.54, 1.807) is 24.4 Å². The summed E-state index contributed by atoms with van der Waals surface area (Å²) in [6.07, 6.45) is 3.12. The predicted molar refractivity (Wildman–Crippen MR) is 97.8 cm³/mol. The standard InChI is InChI=1S/C20H18FN3O/c1-13-6-14(2)8-18(7-13)23-19-9-15(11-22-12-19)20(25)24-17-5-3-4-16(21)10-17/h3-12,23H,1-2H3,(H,24,25). The van der Waals surface area contributed by atoms with E-state index in [1.807, 2.05) is 26.0 Å². The van der Waals surface area contributed by atoms with Crippen LogP contribution >= 0.6 is 0 Å². The van der Waals surface area contributed by atoms with E-state index in [1.165, 1.54) is 18.3 Å². The highest BCUT2D eigenvalue weighted by Gasteiger charge is 2.08.